The first-order chi connectivity index (χ1) is 14.6. The lowest BCUT2D eigenvalue weighted by atomic mass is 10.1. The van der Waals surface area contributed by atoms with Gasteiger partial charge in [-0.2, -0.15) is 0 Å². The number of hydrogen-bond acceptors (Lipinski definition) is 4. The molecule has 1 aliphatic rings. The second-order valence-corrected chi connectivity index (χ2v) is 8.20. The number of halogens is 1. The Hall–Kier alpha value is -3.09. The van der Waals surface area contributed by atoms with Gasteiger partial charge in [-0.3, -0.25) is 9.78 Å². The van der Waals surface area contributed by atoms with Crippen molar-refractivity contribution in [1.82, 2.24) is 20.2 Å². The van der Waals surface area contributed by atoms with Crippen LogP contribution >= 0.6 is 11.6 Å². The number of aromatic nitrogens is 2. The summed E-state index contributed by atoms with van der Waals surface area (Å²) in [5.74, 6) is 0.134. The number of likely N-dealkylation sites (tertiary alicyclic amines) is 1. The van der Waals surface area contributed by atoms with E-state index in [2.05, 4.69) is 21.4 Å². The average Bonchev–Trinajstić information content (AvgIpc) is 3.29. The van der Waals surface area contributed by atoms with Crippen LogP contribution in [-0.2, 0) is 17.9 Å². The molecule has 0 aliphatic carbocycles. The van der Waals surface area contributed by atoms with Crippen LogP contribution in [0.25, 0.3) is 21.8 Å². The highest BCUT2D eigenvalue weighted by molar-refractivity contribution is 6.31. The number of nitrogens with one attached hydrogen (secondary N) is 2. The van der Waals surface area contributed by atoms with Gasteiger partial charge >= 0.3 is 0 Å². The van der Waals surface area contributed by atoms with E-state index in [1.54, 1.807) is 12.3 Å². The number of carbonyl (C=O) groups excluding carboxylic acids is 1. The van der Waals surface area contributed by atoms with Gasteiger partial charge in [0.1, 0.15) is 0 Å². The SMILES string of the molecule is Nc1ccnc2cc(CN3CC[C@H](NCc4cc5cc(Cl)ccc5[nH]4)C3=O)ccc12. The van der Waals surface area contributed by atoms with Gasteiger partial charge in [0.05, 0.1) is 11.6 Å². The standard InChI is InChI=1S/C23H22ClN5O/c24-16-2-4-20-15(10-16)11-17(28-20)12-27-21-6-8-29(23(21)30)13-14-1-3-18-19(25)5-7-26-22(18)9-14/h1-5,7,9-11,21,27-28H,6,8,12-13H2,(H2,25,26)/t21-/m0/s1. The van der Waals surface area contributed by atoms with Crippen molar-refractivity contribution in [3.05, 3.63) is 71.0 Å². The van der Waals surface area contributed by atoms with Gasteiger partial charge < -0.3 is 20.9 Å². The maximum atomic E-state index is 12.9. The molecule has 3 heterocycles. The lowest BCUT2D eigenvalue weighted by molar-refractivity contribution is -0.129. The predicted octanol–water partition coefficient (Wildman–Crippen LogP) is 3.84. The largest absolute Gasteiger partial charge is 0.398 e. The first-order valence-corrected chi connectivity index (χ1v) is 10.4. The number of nitrogens with zero attached hydrogens (tertiary/aromatic N) is 2. The summed E-state index contributed by atoms with van der Waals surface area (Å²) in [5, 5.41) is 6.12. The van der Waals surface area contributed by atoms with Crippen LogP contribution in [0.4, 0.5) is 5.69 Å². The molecule has 1 saturated heterocycles. The van der Waals surface area contributed by atoms with Crippen molar-refractivity contribution >= 4 is 45.0 Å². The molecule has 0 unspecified atom stereocenters. The molecule has 7 heteroatoms. The van der Waals surface area contributed by atoms with Gasteiger partial charge in [-0.15, -0.1) is 0 Å². The van der Waals surface area contributed by atoms with Gasteiger partial charge in [0, 0.05) is 58.5 Å². The van der Waals surface area contributed by atoms with E-state index in [4.69, 9.17) is 17.3 Å². The molecule has 0 bridgehead atoms. The molecule has 0 spiro atoms. The van der Waals surface area contributed by atoms with Crippen molar-refractivity contribution in [3.63, 3.8) is 0 Å². The number of pyridine rings is 1. The number of nitrogen functional groups attached to an aromatic ring is 1. The summed E-state index contributed by atoms with van der Waals surface area (Å²) in [6, 6.07) is 15.5. The third kappa shape index (κ3) is 3.60. The first-order valence-electron chi connectivity index (χ1n) is 9.99. The number of fused-ring (bicyclic) bond motifs is 2. The fraction of sp³-hybridized carbons (Fsp3) is 0.217. The van der Waals surface area contributed by atoms with Crippen molar-refractivity contribution in [2.75, 3.05) is 12.3 Å². The first kappa shape index (κ1) is 18.9. The maximum Gasteiger partial charge on any atom is 0.240 e. The Balaban J connectivity index is 1.23. The van der Waals surface area contributed by atoms with E-state index in [1.807, 2.05) is 41.3 Å². The van der Waals surface area contributed by atoms with Crippen LogP contribution < -0.4 is 11.1 Å². The Morgan fingerprint density at radius 1 is 1.20 bits per heavy atom. The number of rotatable bonds is 5. The van der Waals surface area contributed by atoms with Crippen molar-refractivity contribution < 1.29 is 4.79 Å². The Labute approximate surface area is 179 Å². The Kier molecular flexibility index (Phi) is 4.81. The quantitative estimate of drug-likeness (QED) is 0.458. The van der Waals surface area contributed by atoms with E-state index in [-0.39, 0.29) is 11.9 Å². The number of amides is 1. The van der Waals surface area contributed by atoms with Gasteiger partial charge in [-0.25, -0.2) is 0 Å². The third-order valence-electron chi connectivity index (χ3n) is 5.69. The third-order valence-corrected chi connectivity index (χ3v) is 5.92. The van der Waals surface area contributed by atoms with Gasteiger partial charge in [0.25, 0.3) is 0 Å². The van der Waals surface area contributed by atoms with Gasteiger partial charge in [-0.1, -0.05) is 23.7 Å². The molecular weight excluding hydrogens is 398 g/mol. The zero-order valence-corrected chi connectivity index (χ0v) is 17.1. The van der Waals surface area contributed by atoms with Crippen molar-refractivity contribution in [3.8, 4) is 0 Å². The predicted molar refractivity (Wildman–Crippen MR) is 120 cm³/mol. The topological polar surface area (TPSA) is 87.0 Å². The summed E-state index contributed by atoms with van der Waals surface area (Å²) in [6.07, 6.45) is 2.50. The number of anilines is 1. The molecule has 5 rings (SSSR count). The summed E-state index contributed by atoms with van der Waals surface area (Å²) in [7, 11) is 0. The minimum Gasteiger partial charge on any atom is -0.398 e. The Morgan fingerprint density at radius 2 is 2.10 bits per heavy atom. The van der Waals surface area contributed by atoms with Crippen LogP contribution in [0.1, 0.15) is 17.7 Å². The molecule has 4 aromatic rings. The number of hydrogen-bond donors (Lipinski definition) is 3. The van der Waals surface area contributed by atoms with Crippen molar-refractivity contribution in [1.29, 1.82) is 0 Å². The van der Waals surface area contributed by atoms with Crippen LogP contribution in [-0.4, -0.2) is 33.4 Å². The monoisotopic (exact) mass is 419 g/mol. The summed E-state index contributed by atoms with van der Waals surface area (Å²) in [4.78, 5) is 22.5. The molecule has 1 aliphatic heterocycles. The number of nitrogens with two attached hydrogens (primary N) is 1. The molecule has 2 aromatic heterocycles. The van der Waals surface area contributed by atoms with Gasteiger partial charge in [0.15, 0.2) is 0 Å². The van der Waals surface area contributed by atoms with E-state index in [1.165, 1.54) is 0 Å². The number of benzene rings is 2. The van der Waals surface area contributed by atoms with Crippen LogP contribution in [0.5, 0.6) is 0 Å². The lowest BCUT2D eigenvalue weighted by Gasteiger charge is -2.17. The smallest absolute Gasteiger partial charge is 0.240 e. The highest BCUT2D eigenvalue weighted by Gasteiger charge is 2.31. The normalized spacial score (nSPS) is 16.8. The summed E-state index contributed by atoms with van der Waals surface area (Å²) in [5.41, 5.74) is 10.7. The fourth-order valence-corrected chi connectivity index (χ4v) is 4.29. The molecule has 2 aromatic carbocycles. The second kappa shape index (κ2) is 7.63. The molecule has 1 amide bonds. The Bertz CT molecular complexity index is 1250. The molecule has 4 N–H and O–H groups in total. The molecule has 0 saturated carbocycles. The zero-order chi connectivity index (χ0) is 20.7. The molecule has 30 heavy (non-hydrogen) atoms. The molecule has 1 fully saturated rings. The van der Waals surface area contributed by atoms with Gasteiger partial charge in [0.2, 0.25) is 5.91 Å². The van der Waals surface area contributed by atoms with E-state index >= 15 is 0 Å². The molecule has 6 nitrogen and oxygen atoms in total. The van der Waals surface area contributed by atoms with E-state index in [9.17, 15) is 4.79 Å². The highest BCUT2D eigenvalue weighted by Crippen LogP contribution is 2.23. The van der Waals surface area contributed by atoms with Crippen LogP contribution in [0, 0.1) is 0 Å². The van der Waals surface area contributed by atoms with Crippen LogP contribution in [0.2, 0.25) is 5.02 Å². The minimum atomic E-state index is -0.172. The van der Waals surface area contributed by atoms with Crippen molar-refractivity contribution in [2.45, 2.75) is 25.6 Å². The number of aromatic amines is 1. The lowest BCUT2D eigenvalue weighted by Crippen LogP contribution is -2.37. The molecule has 0 radical (unpaired) electrons. The van der Waals surface area contributed by atoms with Gasteiger partial charge in [-0.05, 0) is 48.4 Å². The molecule has 152 valence electrons. The van der Waals surface area contributed by atoms with Crippen molar-refractivity contribution in [2.24, 2.45) is 0 Å². The summed E-state index contributed by atoms with van der Waals surface area (Å²) >= 11 is 6.06. The number of H-pyrrole nitrogens is 1. The minimum absolute atomic E-state index is 0.134. The second-order valence-electron chi connectivity index (χ2n) is 7.76. The van der Waals surface area contributed by atoms with E-state index < -0.39 is 0 Å². The Morgan fingerprint density at radius 3 is 3.00 bits per heavy atom. The van der Waals surface area contributed by atoms with Crippen LogP contribution in [0.3, 0.4) is 0 Å². The summed E-state index contributed by atoms with van der Waals surface area (Å²) < 4.78 is 0. The summed E-state index contributed by atoms with van der Waals surface area (Å²) in [6.45, 7) is 1.92. The van der Waals surface area contributed by atoms with Crippen LogP contribution in [0.15, 0.2) is 54.7 Å². The van der Waals surface area contributed by atoms with E-state index in [0.717, 1.165) is 46.0 Å². The number of carbonyl (C=O) groups is 1. The fourth-order valence-electron chi connectivity index (χ4n) is 4.11. The molecular formula is C23H22ClN5O. The van der Waals surface area contributed by atoms with E-state index in [0.29, 0.717) is 23.8 Å². The average molecular weight is 420 g/mol. The zero-order valence-electron chi connectivity index (χ0n) is 16.4. The molecule has 1 atom stereocenters. The highest BCUT2D eigenvalue weighted by atomic mass is 35.5. The maximum absolute atomic E-state index is 12.9.